The van der Waals surface area contributed by atoms with Gasteiger partial charge < -0.3 is 25.3 Å². The van der Waals surface area contributed by atoms with Gasteiger partial charge in [-0.25, -0.2) is 0 Å². The van der Waals surface area contributed by atoms with Crippen LogP contribution >= 0.6 is 0 Å². The topological polar surface area (TPSA) is 89.7 Å². The van der Waals surface area contributed by atoms with E-state index < -0.39 is 6.04 Å². The summed E-state index contributed by atoms with van der Waals surface area (Å²) in [5, 5.41) is 7.14. The summed E-state index contributed by atoms with van der Waals surface area (Å²) in [6.45, 7) is 4.91. The summed E-state index contributed by atoms with van der Waals surface area (Å²) >= 11 is 0. The standard InChI is InChI=1S/C31H41N5O3/c1-39-29-12-6-3-9-23(29)20-33-31(38)28(19-24-21-32-27-11-5-4-10-26(24)27)34-30(37)22-35-17-13-25(14-18-35)36-15-7-2-8-16-36/h3-6,9-12,21,25,28,32H,2,7-8,13-20,22H2,1H3,(H,33,38)(H,34,37). The van der Waals surface area contributed by atoms with Crippen molar-refractivity contribution in [2.45, 2.75) is 57.2 Å². The normalized spacial score (nSPS) is 18.1. The molecule has 5 rings (SSSR count). The van der Waals surface area contributed by atoms with Crippen LogP contribution in [0.25, 0.3) is 10.9 Å². The van der Waals surface area contributed by atoms with Crippen molar-refractivity contribution in [3.63, 3.8) is 0 Å². The third kappa shape index (κ3) is 6.99. The summed E-state index contributed by atoms with van der Waals surface area (Å²) in [6, 6.07) is 15.6. The highest BCUT2D eigenvalue weighted by atomic mass is 16.5. The number of nitrogens with one attached hydrogen (secondary N) is 3. The maximum atomic E-state index is 13.4. The number of para-hydroxylation sites is 2. The van der Waals surface area contributed by atoms with Crippen LogP contribution in [0.3, 0.4) is 0 Å². The highest BCUT2D eigenvalue weighted by molar-refractivity contribution is 5.90. The number of ether oxygens (including phenoxy) is 1. The number of nitrogens with zero attached hydrogens (tertiary/aromatic N) is 2. The average molecular weight is 532 g/mol. The van der Waals surface area contributed by atoms with E-state index in [0.717, 1.165) is 53.7 Å². The van der Waals surface area contributed by atoms with Crippen LogP contribution in [0.4, 0.5) is 0 Å². The van der Waals surface area contributed by atoms with Gasteiger partial charge in [0.1, 0.15) is 11.8 Å². The lowest BCUT2D eigenvalue weighted by Crippen LogP contribution is -2.52. The van der Waals surface area contributed by atoms with Crippen LogP contribution in [-0.4, -0.2) is 78.5 Å². The van der Waals surface area contributed by atoms with E-state index >= 15 is 0 Å². The zero-order valence-corrected chi connectivity index (χ0v) is 23.0. The molecule has 0 radical (unpaired) electrons. The summed E-state index contributed by atoms with van der Waals surface area (Å²) in [5.41, 5.74) is 2.91. The van der Waals surface area contributed by atoms with E-state index in [0.29, 0.717) is 25.6 Å². The first-order valence-electron chi connectivity index (χ1n) is 14.3. The van der Waals surface area contributed by atoms with Crippen LogP contribution < -0.4 is 15.4 Å². The fourth-order valence-electron chi connectivity index (χ4n) is 6.05. The number of amides is 2. The second-order valence-corrected chi connectivity index (χ2v) is 10.8. The largest absolute Gasteiger partial charge is 0.496 e. The van der Waals surface area contributed by atoms with Gasteiger partial charge in [0, 0.05) is 54.8 Å². The van der Waals surface area contributed by atoms with Crippen LogP contribution in [0.1, 0.15) is 43.2 Å². The molecule has 0 saturated carbocycles. The molecule has 1 unspecified atom stereocenters. The number of fused-ring (bicyclic) bond motifs is 1. The van der Waals surface area contributed by atoms with E-state index in [1.165, 1.54) is 32.4 Å². The molecule has 3 N–H and O–H groups in total. The van der Waals surface area contributed by atoms with Gasteiger partial charge >= 0.3 is 0 Å². The van der Waals surface area contributed by atoms with Gasteiger partial charge in [-0.15, -0.1) is 0 Å². The smallest absolute Gasteiger partial charge is 0.243 e. The van der Waals surface area contributed by atoms with Gasteiger partial charge in [-0.2, -0.15) is 0 Å². The summed E-state index contributed by atoms with van der Waals surface area (Å²) in [6.07, 6.45) is 8.50. The fourth-order valence-corrected chi connectivity index (χ4v) is 6.05. The predicted octanol–water partition coefficient (Wildman–Crippen LogP) is 3.47. The number of aromatic nitrogens is 1. The second-order valence-electron chi connectivity index (χ2n) is 10.8. The first kappa shape index (κ1) is 27.2. The number of benzene rings is 2. The minimum absolute atomic E-state index is 0.108. The number of likely N-dealkylation sites (tertiary alicyclic amines) is 2. The molecule has 8 nitrogen and oxygen atoms in total. The van der Waals surface area contributed by atoms with Crippen LogP contribution in [0.5, 0.6) is 5.75 Å². The molecule has 1 aromatic heterocycles. The molecule has 39 heavy (non-hydrogen) atoms. The molecule has 3 heterocycles. The van der Waals surface area contributed by atoms with E-state index in [1.54, 1.807) is 7.11 Å². The minimum Gasteiger partial charge on any atom is -0.496 e. The van der Waals surface area contributed by atoms with Crippen molar-refractivity contribution >= 4 is 22.7 Å². The molecule has 2 aromatic carbocycles. The summed E-state index contributed by atoms with van der Waals surface area (Å²) in [7, 11) is 1.62. The average Bonchev–Trinajstić information content (AvgIpc) is 3.39. The second kappa shape index (κ2) is 13.1. The molecule has 2 amide bonds. The number of piperidine rings is 2. The Labute approximate surface area is 231 Å². The molecule has 3 aromatic rings. The third-order valence-corrected chi connectivity index (χ3v) is 8.23. The summed E-state index contributed by atoms with van der Waals surface area (Å²) in [4.78, 5) is 34.8. The van der Waals surface area contributed by atoms with E-state index in [2.05, 4.69) is 25.4 Å². The predicted molar refractivity (Wildman–Crippen MR) is 154 cm³/mol. The minimum atomic E-state index is -0.683. The lowest BCUT2D eigenvalue weighted by molar-refractivity contribution is -0.129. The quantitative estimate of drug-likeness (QED) is 0.373. The van der Waals surface area contributed by atoms with Gasteiger partial charge in [-0.1, -0.05) is 42.8 Å². The van der Waals surface area contributed by atoms with Crippen molar-refractivity contribution < 1.29 is 14.3 Å². The Morgan fingerprint density at radius 2 is 1.72 bits per heavy atom. The molecule has 0 spiro atoms. The van der Waals surface area contributed by atoms with Crippen LogP contribution in [-0.2, 0) is 22.6 Å². The molecule has 2 saturated heterocycles. The Bertz CT molecular complexity index is 1240. The fraction of sp³-hybridized carbons (Fsp3) is 0.484. The van der Waals surface area contributed by atoms with Gasteiger partial charge in [0.15, 0.2) is 0 Å². The number of carbonyl (C=O) groups excluding carboxylic acids is 2. The van der Waals surface area contributed by atoms with Crippen molar-refractivity contribution in [2.75, 3.05) is 39.8 Å². The summed E-state index contributed by atoms with van der Waals surface area (Å²) < 4.78 is 5.43. The van der Waals surface area contributed by atoms with Crippen molar-refractivity contribution in [3.05, 3.63) is 65.9 Å². The third-order valence-electron chi connectivity index (χ3n) is 8.23. The van der Waals surface area contributed by atoms with Crippen molar-refractivity contribution in [1.82, 2.24) is 25.4 Å². The first-order chi connectivity index (χ1) is 19.1. The molecular weight excluding hydrogens is 490 g/mol. The Hall–Kier alpha value is -3.36. The van der Waals surface area contributed by atoms with E-state index in [-0.39, 0.29) is 11.8 Å². The van der Waals surface area contributed by atoms with Gasteiger partial charge in [0.05, 0.1) is 13.7 Å². The van der Waals surface area contributed by atoms with E-state index in [9.17, 15) is 9.59 Å². The van der Waals surface area contributed by atoms with Crippen LogP contribution in [0.15, 0.2) is 54.7 Å². The maximum Gasteiger partial charge on any atom is 0.243 e. The van der Waals surface area contributed by atoms with E-state index in [1.807, 2.05) is 54.7 Å². The Balaban J connectivity index is 1.21. The molecular formula is C31H41N5O3. The molecule has 2 fully saturated rings. The van der Waals surface area contributed by atoms with Crippen molar-refractivity contribution in [2.24, 2.45) is 0 Å². The molecule has 2 aliphatic heterocycles. The van der Waals surface area contributed by atoms with Gasteiger partial charge in [0.2, 0.25) is 11.8 Å². The number of methoxy groups -OCH3 is 1. The number of hydrogen-bond acceptors (Lipinski definition) is 5. The SMILES string of the molecule is COc1ccccc1CNC(=O)C(Cc1c[nH]c2ccccc12)NC(=O)CN1CCC(N2CCCCC2)CC1. The first-order valence-corrected chi connectivity index (χ1v) is 14.3. The van der Waals surface area contributed by atoms with Crippen LogP contribution in [0.2, 0.25) is 0 Å². The van der Waals surface area contributed by atoms with Gasteiger partial charge in [0.25, 0.3) is 0 Å². The van der Waals surface area contributed by atoms with Crippen molar-refractivity contribution in [1.29, 1.82) is 0 Å². The molecule has 1 atom stereocenters. The van der Waals surface area contributed by atoms with E-state index in [4.69, 9.17) is 4.74 Å². The Morgan fingerprint density at radius 1 is 0.974 bits per heavy atom. The maximum absolute atomic E-state index is 13.4. The highest BCUT2D eigenvalue weighted by Gasteiger charge is 2.28. The zero-order valence-electron chi connectivity index (χ0n) is 23.0. The number of hydrogen-bond donors (Lipinski definition) is 3. The van der Waals surface area contributed by atoms with Crippen LogP contribution in [0, 0.1) is 0 Å². The molecule has 0 aliphatic carbocycles. The molecule has 2 aliphatic rings. The monoisotopic (exact) mass is 531 g/mol. The number of carbonyl (C=O) groups is 2. The summed E-state index contributed by atoms with van der Waals surface area (Å²) in [5.74, 6) is 0.412. The molecule has 8 heteroatoms. The number of aromatic amines is 1. The van der Waals surface area contributed by atoms with Crippen molar-refractivity contribution in [3.8, 4) is 5.75 Å². The Morgan fingerprint density at radius 3 is 2.51 bits per heavy atom. The van der Waals surface area contributed by atoms with Gasteiger partial charge in [-0.05, 0) is 56.5 Å². The number of H-pyrrole nitrogens is 1. The number of rotatable bonds is 10. The lowest BCUT2D eigenvalue weighted by Gasteiger charge is -2.40. The lowest BCUT2D eigenvalue weighted by atomic mass is 10.00. The zero-order chi connectivity index (χ0) is 27.0. The molecule has 0 bridgehead atoms. The molecule has 208 valence electrons. The highest BCUT2D eigenvalue weighted by Crippen LogP contribution is 2.22. The van der Waals surface area contributed by atoms with Gasteiger partial charge in [-0.3, -0.25) is 14.5 Å². The Kier molecular flexibility index (Phi) is 9.16.